The van der Waals surface area contributed by atoms with Gasteiger partial charge < -0.3 is 4.57 Å². The lowest BCUT2D eigenvalue weighted by Gasteiger charge is -2.08. The highest BCUT2D eigenvalue weighted by atomic mass is 15.2. The average Bonchev–Trinajstić information content (AvgIpc) is 3.24. The molecule has 26 heavy (non-hydrogen) atoms. The maximum Gasteiger partial charge on any atom is 0.162 e. The van der Waals surface area contributed by atoms with Gasteiger partial charge in [0.25, 0.3) is 0 Å². The minimum absolute atomic E-state index is 0.900. The van der Waals surface area contributed by atoms with Crippen molar-refractivity contribution in [3.8, 4) is 22.3 Å². The fourth-order valence-electron chi connectivity index (χ4n) is 3.87. The van der Waals surface area contributed by atoms with E-state index in [0.717, 1.165) is 12.2 Å². The molecule has 0 saturated heterocycles. The Bertz CT molecular complexity index is 1200. The van der Waals surface area contributed by atoms with Crippen LogP contribution in [0.15, 0.2) is 85.2 Å². The summed E-state index contributed by atoms with van der Waals surface area (Å²) in [6, 6.07) is 25.4. The van der Waals surface area contributed by atoms with Gasteiger partial charge in [-0.1, -0.05) is 60.7 Å². The third kappa shape index (κ3) is 2.10. The minimum atomic E-state index is 0.900. The molecule has 0 fully saturated rings. The first-order valence-electron chi connectivity index (χ1n) is 8.97. The zero-order valence-electron chi connectivity index (χ0n) is 14.6. The van der Waals surface area contributed by atoms with Crippen LogP contribution >= 0.6 is 0 Å². The molecule has 0 spiro atoms. The number of pyridine rings is 1. The highest BCUT2D eigenvalue weighted by molar-refractivity contribution is 5.97. The van der Waals surface area contributed by atoms with E-state index in [1.54, 1.807) is 0 Å². The largest absolute Gasteiger partial charge is 0.324 e. The predicted molar refractivity (Wildman–Crippen MR) is 107 cm³/mol. The van der Waals surface area contributed by atoms with E-state index in [-0.39, 0.29) is 0 Å². The molecule has 0 amide bonds. The number of aromatic nitrogens is 3. The number of aryl methyl sites for hydroxylation is 1. The molecule has 5 aromatic rings. The van der Waals surface area contributed by atoms with E-state index < -0.39 is 0 Å². The number of fused-ring (bicyclic) bond motifs is 3. The predicted octanol–water partition coefficient (Wildman–Crippen LogP) is 5.64. The first-order valence-corrected chi connectivity index (χ1v) is 8.97. The second-order valence-electron chi connectivity index (χ2n) is 6.43. The van der Waals surface area contributed by atoms with Crippen LogP contribution in [0.2, 0.25) is 0 Å². The lowest BCUT2D eigenvalue weighted by Crippen LogP contribution is -1.95. The molecule has 3 heteroatoms. The molecule has 0 N–H and O–H groups in total. The van der Waals surface area contributed by atoms with Crippen molar-refractivity contribution in [3.05, 3.63) is 85.2 Å². The van der Waals surface area contributed by atoms with Crippen LogP contribution in [0.5, 0.6) is 0 Å². The summed E-state index contributed by atoms with van der Waals surface area (Å²) < 4.78 is 4.60. The highest BCUT2D eigenvalue weighted by Gasteiger charge is 2.20. The summed E-state index contributed by atoms with van der Waals surface area (Å²) in [6.45, 7) is 3.09. The number of benzene rings is 2. The fraction of sp³-hybridized carbons (Fsp3) is 0.0870. The van der Waals surface area contributed by atoms with E-state index in [1.807, 2.05) is 12.3 Å². The van der Waals surface area contributed by atoms with E-state index in [9.17, 15) is 0 Å². The van der Waals surface area contributed by atoms with Crippen LogP contribution in [0.25, 0.3) is 39.1 Å². The summed E-state index contributed by atoms with van der Waals surface area (Å²) in [6.07, 6.45) is 4.10. The molecule has 0 radical (unpaired) electrons. The van der Waals surface area contributed by atoms with Gasteiger partial charge in [0.2, 0.25) is 0 Å². The van der Waals surface area contributed by atoms with Gasteiger partial charge in [-0.25, -0.2) is 4.98 Å². The van der Waals surface area contributed by atoms with Crippen molar-refractivity contribution in [2.45, 2.75) is 13.5 Å². The maximum absolute atomic E-state index is 4.66. The van der Waals surface area contributed by atoms with Gasteiger partial charge in [-0.3, -0.25) is 4.40 Å². The lowest BCUT2D eigenvalue weighted by molar-refractivity contribution is 0.819. The Labute approximate surface area is 152 Å². The third-order valence-corrected chi connectivity index (χ3v) is 4.98. The topological polar surface area (TPSA) is 22.2 Å². The van der Waals surface area contributed by atoms with Gasteiger partial charge in [-0.15, -0.1) is 0 Å². The molecule has 0 unspecified atom stereocenters. The van der Waals surface area contributed by atoms with Crippen molar-refractivity contribution in [3.63, 3.8) is 0 Å². The van der Waals surface area contributed by atoms with Crippen LogP contribution in [0.1, 0.15) is 6.92 Å². The van der Waals surface area contributed by atoms with Crippen LogP contribution in [-0.2, 0) is 6.54 Å². The van der Waals surface area contributed by atoms with Gasteiger partial charge in [0.05, 0.1) is 5.52 Å². The molecule has 2 aromatic carbocycles. The standard InChI is InChI=1S/C23H19N3/c1-2-25-20-14-9-15-24-22(20)26-16-19(17-10-5-3-6-11-17)21(23(25)26)18-12-7-4-8-13-18/h3-16H,2H2,1H3. The molecule has 5 rings (SSSR count). The smallest absolute Gasteiger partial charge is 0.162 e. The molecule has 0 atom stereocenters. The lowest BCUT2D eigenvalue weighted by atomic mass is 9.98. The Kier molecular flexibility index (Phi) is 3.39. The van der Waals surface area contributed by atoms with Crippen molar-refractivity contribution in [2.24, 2.45) is 0 Å². The number of rotatable bonds is 3. The van der Waals surface area contributed by atoms with Crippen LogP contribution in [0.4, 0.5) is 0 Å². The summed E-state index contributed by atoms with van der Waals surface area (Å²) in [4.78, 5) is 4.66. The van der Waals surface area contributed by atoms with Gasteiger partial charge in [-0.2, -0.15) is 0 Å². The first kappa shape index (κ1) is 15.0. The van der Waals surface area contributed by atoms with E-state index >= 15 is 0 Å². The molecular formula is C23H19N3. The Balaban J connectivity index is 1.97. The van der Waals surface area contributed by atoms with Gasteiger partial charge in [0.15, 0.2) is 5.65 Å². The molecule has 0 aliphatic rings. The molecule has 0 bridgehead atoms. The molecule has 0 aliphatic heterocycles. The van der Waals surface area contributed by atoms with Gasteiger partial charge in [0, 0.05) is 30.1 Å². The Morgan fingerprint density at radius 2 is 1.50 bits per heavy atom. The van der Waals surface area contributed by atoms with Crippen LogP contribution in [-0.4, -0.2) is 14.0 Å². The second-order valence-corrected chi connectivity index (χ2v) is 6.43. The number of imidazole rings is 1. The van der Waals surface area contributed by atoms with Crippen LogP contribution in [0.3, 0.4) is 0 Å². The Morgan fingerprint density at radius 3 is 2.19 bits per heavy atom. The van der Waals surface area contributed by atoms with Crippen LogP contribution < -0.4 is 0 Å². The van der Waals surface area contributed by atoms with Crippen molar-refractivity contribution >= 4 is 16.8 Å². The zero-order valence-corrected chi connectivity index (χ0v) is 14.6. The number of nitrogens with zero attached hydrogens (tertiary/aromatic N) is 3. The quantitative estimate of drug-likeness (QED) is 0.417. The summed E-state index contributed by atoms with van der Waals surface area (Å²) in [5.74, 6) is 0. The van der Waals surface area contributed by atoms with E-state index in [2.05, 4.69) is 93.8 Å². The van der Waals surface area contributed by atoms with Crippen molar-refractivity contribution in [1.29, 1.82) is 0 Å². The highest BCUT2D eigenvalue weighted by Crippen LogP contribution is 2.39. The average molecular weight is 337 g/mol. The van der Waals surface area contributed by atoms with Gasteiger partial charge in [-0.05, 0) is 30.2 Å². The monoisotopic (exact) mass is 337 g/mol. The molecule has 126 valence electrons. The molecule has 0 saturated carbocycles. The van der Waals surface area contributed by atoms with E-state index in [1.165, 1.54) is 33.4 Å². The fourth-order valence-corrected chi connectivity index (χ4v) is 3.87. The minimum Gasteiger partial charge on any atom is -0.324 e. The number of hydrogen-bond donors (Lipinski definition) is 0. The zero-order chi connectivity index (χ0) is 17.5. The molecule has 3 aromatic heterocycles. The molecule has 3 heterocycles. The second kappa shape index (κ2) is 5.88. The summed E-state index contributed by atoms with van der Waals surface area (Å²) in [5.41, 5.74) is 8.32. The van der Waals surface area contributed by atoms with Gasteiger partial charge >= 0.3 is 0 Å². The Hall–Kier alpha value is -3.33. The third-order valence-electron chi connectivity index (χ3n) is 4.98. The Morgan fingerprint density at radius 1 is 0.808 bits per heavy atom. The van der Waals surface area contributed by atoms with Crippen molar-refractivity contribution in [1.82, 2.24) is 14.0 Å². The van der Waals surface area contributed by atoms with Gasteiger partial charge in [0.1, 0.15) is 5.65 Å². The summed E-state index contributed by atoms with van der Waals surface area (Å²) in [7, 11) is 0. The molecular weight excluding hydrogens is 318 g/mol. The maximum atomic E-state index is 4.66. The summed E-state index contributed by atoms with van der Waals surface area (Å²) >= 11 is 0. The normalized spacial score (nSPS) is 11.4. The van der Waals surface area contributed by atoms with Crippen molar-refractivity contribution in [2.75, 3.05) is 0 Å². The number of hydrogen-bond acceptors (Lipinski definition) is 1. The van der Waals surface area contributed by atoms with Crippen LogP contribution in [0, 0.1) is 0 Å². The van der Waals surface area contributed by atoms with Crippen molar-refractivity contribution < 1.29 is 0 Å². The molecule has 3 nitrogen and oxygen atoms in total. The molecule has 0 aliphatic carbocycles. The van der Waals surface area contributed by atoms with E-state index in [4.69, 9.17) is 0 Å². The summed E-state index contributed by atoms with van der Waals surface area (Å²) in [5, 5.41) is 0. The first-order chi connectivity index (χ1) is 12.9. The van der Waals surface area contributed by atoms with E-state index in [0.29, 0.717) is 0 Å². The SMILES string of the molecule is CCn1c2cccnc2n2cc(-c3ccccc3)c(-c3ccccc3)c12.